The Morgan fingerprint density at radius 3 is 2.42 bits per heavy atom. The first-order valence-electron chi connectivity index (χ1n) is 5.80. The Kier molecular flexibility index (Phi) is 3.78. The fourth-order valence-electron chi connectivity index (χ4n) is 1.55. The molecule has 102 valence electrons. The molecule has 0 amide bonds. The molecule has 0 saturated carbocycles. The molecular formula is C13H13F3N2O. The molecule has 0 fully saturated rings. The van der Waals surface area contributed by atoms with Gasteiger partial charge in [0.05, 0.1) is 18.0 Å². The summed E-state index contributed by atoms with van der Waals surface area (Å²) in [6.07, 6.45) is -0.987. The smallest absolute Gasteiger partial charge is 0.416 e. The van der Waals surface area contributed by atoms with Crippen LogP contribution >= 0.6 is 0 Å². The summed E-state index contributed by atoms with van der Waals surface area (Å²) in [6, 6.07) is 4.92. The number of aryl methyl sites for hydroxylation is 1. The molecule has 0 aliphatic rings. The van der Waals surface area contributed by atoms with Crippen LogP contribution in [0.2, 0.25) is 0 Å². The average Bonchev–Trinajstić information content (AvgIpc) is 2.84. The Hall–Kier alpha value is -1.98. The third-order valence-corrected chi connectivity index (χ3v) is 2.62. The van der Waals surface area contributed by atoms with Crippen LogP contribution in [0.15, 0.2) is 36.7 Å². The number of halogens is 3. The number of hydrogen-bond donors (Lipinski definition) is 0. The highest BCUT2D eigenvalue weighted by molar-refractivity contribution is 5.24. The molecule has 0 radical (unpaired) electrons. The molecule has 1 heterocycles. The van der Waals surface area contributed by atoms with Gasteiger partial charge >= 0.3 is 6.18 Å². The standard InChI is InChI=1S/C13H13F3N2O/c1-2-18-8-12(7-17-18)19-9-10-3-5-11(6-4-10)13(14,15)16/h3-8H,2,9H2,1H3. The molecule has 1 aromatic heterocycles. The molecule has 2 aromatic rings. The van der Waals surface area contributed by atoms with Crippen LogP contribution in [-0.2, 0) is 19.3 Å². The fraction of sp³-hybridized carbons (Fsp3) is 0.308. The van der Waals surface area contributed by atoms with Gasteiger partial charge in [0.1, 0.15) is 6.61 Å². The maximum absolute atomic E-state index is 12.4. The van der Waals surface area contributed by atoms with Crippen molar-refractivity contribution < 1.29 is 17.9 Å². The Bertz CT molecular complexity index is 532. The van der Waals surface area contributed by atoms with Crippen molar-refractivity contribution in [1.82, 2.24) is 9.78 Å². The van der Waals surface area contributed by atoms with Gasteiger partial charge in [-0.1, -0.05) is 12.1 Å². The molecule has 2 rings (SSSR count). The predicted octanol–water partition coefficient (Wildman–Crippen LogP) is 3.50. The molecule has 0 spiro atoms. The van der Waals surface area contributed by atoms with Crippen LogP contribution in [0.3, 0.4) is 0 Å². The highest BCUT2D eigenvalue weighted by Gasteiger charge is 2.29. The highest BCUT2D eigenvalue weighted by Crippen LogP contribution is 2.29. The Balaban J connectivity index is 1.96. The van der Waals surface area contributed by atoms with Gasteiger partial charge in [0.15, 0.2) is 5.75 Å². The van der Waals surface area contributed by atoms with Crippen molar-refractivity contribution >= 4 is 0 Å². The first kappa shape index (κ1) is 13.5. The summed E-state index contributed by atoms with van der Waals surface area (Å²) in [5, 5.41) is 4.04. The summed E-state index contributed by atoms with van der Waals surface area (Å²) in [7, 11) is 0. The van der Waals surface area contributed by atoms with Gasteiger partial charge in [-0.3, -0.25) is 4.68 Å². The van der Waals surface area contributed by atoms with Crippen molar-refractivity contribution in [3.05, 3.63) is 47.8 Å². The summed E-state index contributed by atoms with van der Waals surface area (Å²) in [5.74, 6) is 0.599. The SMILES string of the molecule is CCn1cc(OCc2ccc(C(F)(F)F)cc2)cn1. The zero-order chi connectivity index (χ0) is 13.9. The van der Waals surface area contributed by atoms with Gasteiger partial charge in [0.25, 0.3) is 0 Å². The number of ether oxygens (including phenoxy) is 1. The zero-order valence-electron chi connectivity index (χ0n) is 10.3. The molecule has 0 aliphatic carbocycles. The predicted molar refractivity (Wildman–Crippen MR) is 63.7 cm³/mol. The van der Waals surface area contributed by atoms with E-state index in [2.05, 4.69) is 5.10 Å². The van der Waals surface area contributed by atoms with Crippen molar-refractivity contribution in [2.24, 2.45) is 0 Å². The second-order valence-electron chi connectivity index (χ2n) is 4.02. The van der Waals surface area contributed by atoms with E-state index in [-0.39, 0.29) is 6.61 Å². The average molecular weight is 270 g/mol. The lowest BCUT2D eigenvalue weighted by Crippen LogP contribution is -2.05. The Morgan fingerprint density at radius 2 is 1.89 bits per heavy atom. The lowest BCUT2D eigenvalue weighted by atomic mass is 10.1. The maximum atomic E-state index is 12.4. The summed E-state index contributed by atoms with van der Waals surface area (Å²) >= 11 is 0. The van der Waals surface area contributed by atoms with E-state index < -0.39 is 11.7 Å². The number of alkyl halides is 3. The fourth-order valence-corrected chi connectivity index (χ4v) is 1.55. The van der Waals surface area contributed by atoms with Gasteiger partial charge in [0.2, 0.25) is 0 Å². The molecule has 0 bridgehead atoms. The molecule has 3 nitrogen and oxygen atoms in total. The van der Waals surface area contributed by atoms with Gasteiger partial charge in [-0.05, 0) is 24.6 Å². The van der Waals surface area contributed by atoms with Crippen LogP contribution in [0, 0.1) is 0 Å². The minimum Gasteiger partial charge on any atom is -0.486 e. The van der Waals surface area contributed by atoms with E-state index in [9.17, 15) is 13.2 Å². The number of benzene rings is 1. The lowest BCUT2D eigenvalue weighted by molar-refractivity contribution is -0.137. The number of nitrogens with zero attached hydrogens (tertiary/aromatic N) is 2. The van der Waals surface area contributed by atoms with E-state index in [0.717, 1.165) is 18.7 Å². The zero-order valence-corrected chi connectivity index (χ0v) is 10.3. The van der Waals surface area contributed by atoms with E-state index in [0.29, 0.717) is 11.3 Å². The third kappa shape index (κ3) is 3.49. The van der Waals surface area contributed by atoms with Crippen molar-refractivity contribution in [2.45, 2.75) is 26.3 Å². The number of hydrogen-bond acceptors (Lipinski definition) is 2. The van der Waals surface area contributed by atoms with Crippen LogP contribution in [0.25, 0.3) is 0 Å². The summed E-state index contributed by atoms with van der Waals surface area (Å²) < 4.78 is 44.3. The highest BCUT2D eigenvalue weighted by atomic mass is 19.4. The minimum absolute atomic E-state index is 0.216. The summed E-state index contributed by atoms with van der Waals surface area (Å²) in [4.78, 5) is 0. The van der Waals surface area contributed by atoms with Crippen LogP contribution in [-0.4, -0.2) is 9.78 Å². The van der Waals surface area contributed by atoms with E-state index in [4.69, 9.17) is 4.74 Å². The Labute approximate surface area is 108 Å². The largest absolute Gasteiger partial charge is 0.486 e. The lowest BCUT2D eigenvalue weighted by Gasteiger charge is -2.08. The monoisotopic (exact) mass is 270 g/mol. The van der Waals surface area contributed by atoms with E-state index >= 15 is 0 Å². The normalized spacial score (nSPS) is 11.6. The molecule has 0 N–H and O–H groups in total. The van der Waals surface area contributed by atoms with Crippen molar-refractivity contribution in [3.8, 4) is 5.75 Å². The van der Waals surface area contributed by atoms with Gasteiger partial charge in [-0.15, -0.1) is 0 Å². The minimum atomic E-state index is -4.30. The number of rotatable bonds is 4. The van der Waals surface area contributed by atoms with Crippen LogP contribution < -0.4 is 4.74 Å². The van der Waals surface area contributed by atoms with Crippen molar-refractivity contribution in [2.75, 3.05) is 0 Å². The maximum Gasteiger partial charge on any atom is 0.416 e. The molecule has 0 unspecified atom stereocenters. The van der Waals surface area contributed by atoms with Gasteiger partial charge in [-0.25, -0.2) is 0 Å². The van der Waals surface area contributed by atoms with Gasteiger partial charge in [0, 0.05) is 6.54 Å². The van der Waals surface area contributed by atoms with Crippen molar-refractivity contribution in [3.63, 3.8) is 0 Å². The van der Waals surface area contributed by atoms with Gasteiger partial charge in [-0.2, -0.15) is 18.3 Å². The second-order valence-corrected chi connectivity index (χ2v) is 4.02. The molecule has 0 atom stereocenters. The first-order valence-corrected chi connectivity index (χ1v) is 5.80. The van der Waals surface area contributed by atoms with E-state index in [1.807, 2.05) is 6.92 Å². The van der Waals surface area contributed by atoms with Crippen molar-refractivity contribution in [1.29, 1.82) is 0 Å². The molecule has 6 heteroatoms. The molecular weight excluding hydrogens is 257 g/mol. The van der Waals surface area contributed by atoms with E-state index in [1.54, 1.807) is 17.1 Å². The van der Waals surface area contributed by atoms with Crippen LogP contribution in [0.1, 0.15) is 18.1 Å². The van der Waals surface area contributed by atoms with Crippen LogP contribution in [0.5, 0.6) is 5.75 Å². The quantitative estimate of drug-likeness (QED) is 0.850. The third-order valence-electron chi connectivity index (χ3n) is 2.62. The topological polar surface area (TPSA) is 27.1 Å². The first-order chi connectivity index (χ1) is 8.99. The molecule has 1 aromatic carbocycles. The second kappa shape index (κ2) is 5.34. The number of aromatic nitrogens is 2. The molecule has 0 saturated heterocycles. The van der Waals surface area contributed by atoms with Gasteiger partial charge < -0.3 is 4.74 Å². The molecule has 0 aliphatic heterocycles. The van der Waals surface area contributed by atoms with E-state index in [1.165, 1.54) is 12.1 Å². The summed E-state index contributed by atoms with van der Waals surface area (Å²) in [6.45, 7) is 2.91. The summed E-state index contributed by atoms with van der Waals surface area (Å²) in [5.41, 5.74) is 0.0206. The Morgan fingerprint density at radius 1 is 1.21 bits per heavy atom. The molecule has 19 heavy (non-hydrogen) atoms. The van der Waals surface area contributed by atoms with Crippen LogP contribution in [0.4, 0.5) is 13.2 Å².